The number of rotatable bonds is 6. The molecule has 3 rings (SSSR count). The highest BCUT2D eigenvalue weighted by molar-refractivity contribution is 7.92. The van der Waals surface area contributed by atoms with Crippen LogP contribution < -0.4 is 9.62 Å². The maximum atomic E-state index is 13.2. The van der Waals surface area contributed by atoms with Gasteiger partial charge in [0.2, 0.25) is 0 Å². The molecule has 0 bridgehead atoms. The molecule has 0 amide bonds. The molecule has 10 heteroatoms. The largest absolute Gasteiger partial charge is 0.354 e. The van der Waals surface area contributed by atoms with Crippen molar-refractivity contribution in [1.82, 2.24) is 15.0 Å². The molecule has 0 aliphatic rings. The number of sulfonamides is 1. The zero-order valence-electron chi connectivity index (χ0n) is 14.2. The highest BCUT2D eigenvalue weighted by atomic mass is 32.2. The monoisotopic (exact) mass is 391 g/mol. The van der Waals surface area contributed by atoms with E-state index in [4.69, 9.17) is 0 Å². The third-order valence-electron chi connectivity index (χ3n) is 3.61. The topological polar surface area (TPSA) is 88.1 Å². The number of benzene rings is 1. The Hall–Kier alpha value is -3.14. The van der Waals surface area contributed by atoms with Gasteiger partial charge in [-0.25, -0.2) is 22.2 Å². The maximum absolute atomic E-state index is 13.2. The zero-order chi connectivity index (χ0) is 19.4. The van der Waals surface area contributed by atoms with Gasteiger partial charge in [-0.05, 0) is 24.3 Å². The van der Waals surface area contributed by atoms with E-state index in [1.807, 2.05) is 0 Å². The highest BCUT2D eigenvalue weighted by Crippen LogP contribution is 2.20. The van der Waals surface area contributed by atoms with Crippen molar-refractivity contribution in [2.24, 2.45) is 0 Å². The first kappa shape index (κ1) is 18.6. The van der Waals surface area contributed by atoms with Crippen molar-refractivity contribution >= 4 is 21.5 Å². The van der Waals surface area contributed by atoms with E-state index in [1.165, 1.54) is 18.3 Å². The highest BCUT2D eigenvalue weighted by Gasteiger charge is 2.16. The fourth-order valence-corrected chi connectivity index (χ4v) is 3.26. The van der Waals surface area contributed by atoms with Crippen LogP contribution in [0.4, 0.5) is 20.3 Å². The Balaban J connectivity index is 1.74. The first-order valence-electron chi connectivity index (χ1n) is 7.75. The quantitative estimate of drug-likeness (QED) is 0.695. The van der Waals surface area contributed by atoms with Gasteiger partial charge in [0.15, 0.2) is 11.6 Å². The second-order valence-electron chi connectivity index (χ2n) is 5.64. The smallest absolute Gasteiger partial charge is 0.263 e. The van der Waals surface area contributed by atoms with Crippen molar-refractivity contribution in [3.63, 3.8) is 0 Å². The van der Waals surface area contributed by atoms with E-state index >= 15 is 0 Å². The fourth-order valence-electron chi connectivity index (χ4n) is 2.27. The van der Waals surface area contributed by atoms with E-state index < -0.39 is 21.7 Å². The number of anilines is 2. The fraction of sp³-hybridized carbons (Fsp3) is 0.118. The number of nitrogens with zero attached hydrogens (tertiary/aromatic N) is 4. The first-order chi connectivity index (χ1) is 12.8. The lowest BCUT2D eigenvalue weighted by Crippen LogP contribution is -2.19. The number of hydrogen-bond acceptors (Lipinski definition) is 6. The van der Waals surface area contributed by atoms with Crippen molar-refractivity contribution in [1.29, 1.82) is 0 Å². The van der Waals surface area contributed by atoms with Gasteiger partial charge in [0.1, 0.15) is 10.7 Å². The molecule has 1 aromatic carbocycles. The minimum Gasteiger partial charge on any atom is -0.354 e. The SMILES string of the molecule is CN(Cc1cnccn1)c1ccc(S(=O)(=O)Nc2ccc(F)c(F)c2)cn1. The Labute approximate surface area is 154 Å². The molecule has 0 saturated carbocycles. The van der Waals surface area contributed by atoms with Crippen molar-refractivity contribution in [2.75, 3.05) is 16.7 Å². The Morgan fingerprint density at radius 3 is 2.48 bits per heavy atom. The molecule has 0 aliphatic carbocycles. The van der Waals surface area contributed by atoms with Crippen LogP contribution in [0.1, 0.15) is 5.69 Å². The molecule has 0 saturated heterocycles. The van der Waals surface area contributed by atoms with Gasteiger partial charge in [-0.15, -0.1) is 0 Å². The molecule has 0 unspecified atom stereocenters. The summed E-state index contributed by atoms with van der Waals surface area (Å²) in [5.74, 6) is -1.67. The third kappa shape index (κ3) is 4.53. The van der Waals surface area contributed by atoms with E-state index in [1.54, 1.807) is 30.5 Å². The normalized spacial score (nSPS) is 11.2. The molecule has 0 aliphatic heterocycles. The lowest BCUT2D eigenvalue weighted by atomic mass is 10.3. The van der Waals surface area contributed by atoms with Gasteiger partial charge in [-0.2, -0.15) is 0 Å². The maximum Gasteiger partial charge on any atom is 0.263 e. The van der Waals surface area contributed by atoms with Gasteiger partial charge in [0.05, 0.1) is 24.1 Å². The molecule has 0 radical (unpaired) electrons. The van der Waals surface area contributed by atoms with E-state index in [0.29, 0.717) is 12.4 Å². The zero-order valence-corrected chi connectivity index (χ0v) is 15.0. The van der Waals surface area contributed by atoms with E-state index in [2.05, 4.69) is 19.7 Å². The third-order valence-corrected chi connectivity index (χ3v) is 4.98. The standard InChI is InChI=1S/C17H15F2N5O2S/c1-24(11-13-9-20-6-7-21-13)17-5-3-14(10-22-17)27(25,26)23-12-2-4-15(18)16(19)8-12/h2-10,23H,11H2,1H3. The Bertz CT molecular complexity index is 1030. The Morgan fingerprint density at radius 1 is 1.04 bits per heavy atom. The van der Waals surface area contributed by atoms with Crippen LogP contribution in [0.25, 0.3) is 0 Å². The van der Waals surface area contributed by atoms with Gasteiger partial charge < -0.3 is 4.90 Å². The van der Waals surface area contributed by atoms with Crippen LogP contribution in [0.15, 0.2) is 60.0 Å². The summed E-state index contributed by atoms with van der Waals surface area (Å²) in [6, 6.07) is 5.65. The Kier molecular flexibility index (Phi) is 5.26. The molecule has 0 atom stereocenters. The van der Waals surface area contributed by atoms with Gasteiger partial charge >= 0.3 is 0 Å². The molecule has 2 heterocycles. The summed E-state index contributed by atoms with van der Waals surface area (Å²) in [6.45, 7) is 0.444. The van der Waals surface area contributed by atoms with Crippen molar-refractivity contribution in [2.45, 2.75) is 11.4 Å². The van der Waals surface area contributed by atoms with E-state index in [9.17, 15) is 17.2 Å². The number of hydrogen-bond donors (Lipinski definition) is 1. The second-order valence-corrected chi connectivity index (χ2v) is 7.32. The second kappa shape index (κ2) is 7.62. The molecule has 2 aromatic heterocycles. The number of aromatic nitrogens is 3. The molecule has 0 spiro atoms. The molecule has 0 fully saturated rings. The van der Waals surface area contributed by atoms with Gasteiger partial charge in [0, 0.05) is 31.7 Å². The van der Waals surface area contributed by atoms with Crippen LogP contribution in [0.5, 0.6) is 0 Å². The molecular weight excluding hydrogens is 376 g/mol. The first-order valence-corrected chi connectivity index (χ1v) is 9.23. The van der Waals surface area contributed by atoms with Crippen molar-refractivity contribution < 1.29 is 17.2 Å². The van der Waals surface area contributed by atoms with E-state index in [0.717, 1.165) is 23.9 Å². The van der Waals surface area contributed by atoms with Gasteiger partial charge in [0.25, 0.3) is 10.0 Å². The number of pyridine rings is 1. The summed E-state index contributed by atoms with van der Waals surface area (Å²) >= 11 is 0. The summed E-state index contributed by atoms with van der Waals surface area (Å²) in [4.78, 5) is 14.0. The molecule has 27 heavy (non-hydrogen) atoms. The summed E-state index contributed by atoms with van der Waals surface area (Å²) in [7, 11) is -2.20. The summed E-state index contributed by atoms with van der Waals surface area (Å²) < 4.78 is 53.1. The lowest BCUT2D eigenvalue weighted by molar-refractivity contribution is 0.509. The van der Waals surface area contributed by atoms with Crippen LogP contribution >= 0.6 is 0 Å². The minimum atomic E-state index is -3.99. The molecule has 3 aromatic rings. The summed E-state index contributed by atoms with van der Waals surface area (Å²) in [5, 5.41) is 0. The van der Waals surface area contributed by atoms with Gasteiger partial charge in [-0.1, -0.05) is 0 Å². The molecule has 140 valence electrons. The molecule has 1 N–H and O–H groups in total. The average molecular weight is 391 g/mol. The van der Waals surface area contributed by atoms with Crippen LogP contribution in [0, 0.1) is 11.6 Å². The minimum absolute atomic E-state index is 0.0854. The van der Waals surface area contributed by atoms with Crippen molar-refractivity contribution in [3.8, 4) is 0 Å². The van der Waals surface area contributed by atoms with Crippen molar-refractivity contribution in [3.05, 3.63) is 72.4 Å². The predicted octanol–water partition coefficient (Wildman–Crippen LogP) is 2.59. The summed E-state index contributed by atoms with van der Waals surface area (Å²) in [6.07, 6.45) is 5.96. The molecule has 7 nitrogen and oxygen atoms in total. The Morgan fingerprint density at radius 2 is 1.85 bits per heavy atom. The van der Waals surface area contributed by atoms with Crippen LogP contribution in [0.2, 0.25) is 0 Å². The van der Waals surface area contributed by atoms with Crippen LogP contribution in [0.3, 0.4) is 0 Å². The van der Waals surface area contributed by atoms with Gasteiger partial charge in [-0.3, -0.25) is 14.7 Å². The lowest BCUT2D eigenvalue weighted by Gasteiger charge is -2.17. The number of halogens is 2. The summed E-state index contributed by atoms with van der Waals surface area (Å²) in [5.41, 5.74) is 0.649. The number of nitrogens with one attached hydrogen (secondary N) is 1. The van der Waals surface area contributed by atoms with E-state index in [-0.39, 0.29) is 10.6 Å². The van der Waals surface area contributed by atoms with Crippen LogP contribution in [-0.4, -0.2) is 30.4 Å². The van der Waals surface area contributed by atoms with Crippen LogP contribution in [-0.2, 0) is 16.6 Å². The average Bonchev–Trinajstić information content (AvgIpc) is 2.65. The predicted molar refractivity (Wildman–Crippen MR) is 95.5 cm³/mol. The molecular formula is C17H15F2N5O2S.